The maximum Gasteiger partial charge on any atom is 0.254 e. The van der Waals surface area contributed by atoms with Crippen molar-refractivity contribution in [2.24, 2.45) is 0 Å². The first-order valence-electron chi connectivity index (χ1n) is 9.76. The van der Waals surface area contributed by atoms with E-state index in [1.54, 1.807) is 20.3 Å². The number of nitrogens with zero attached hydrogens (tertiary/aromatic N) is 3. The lowest BCUT2D eigenvalue weighted by molar-refractivity contribution is 0.0756. The number of hydrogen-bond acceptors (Lipinski definition) is 5. The summed E-state index contributed by atoms with van der Waals surface area (Å²) in [5.41, 5.74) is 3.03. The third-order valence-corrected chi connectivity index (χ3v) is 5.67. The van der Waals surface area contributed by atoms with Crippen LogP contribution in [0.3, 0.4) is 0 Å². The van der Waals surface area contributed by atoms with Crippen LogP contribution in [-0.4, -0.2) is 69.2 Å². The molecule has 0 bridgehead atoms. The Morgan fingerprint density at radius 1 is 0.893 bits per heavy atom. The lowest BCUT2D eigenvalue weighted by atomic mass is 10.1. The molecule has 0 atom stereocenters. The molecule has 2 aliphatic heterocycles. The van der Waals surface area contributed by atoms with Crippen LogP contribution in [0.4, 0.5) is 5.69 Å². The largest absolute Gasteiger partial charge is 0.493 e. The fourth-order valence-electron chi connectivity index (χ4n) is 4.01. The highest BCUT2D eigenvalue weighted by Crippen LogP contribution is 2.34. The highest BCUT2D eigenvalue weighted by molar-refractivity contribution is 5.99. The van der Waals surface area contributed by atoms with Gasteiger partial charge in [-0.3, -0.25) is 9.69 Å². The van der Waals surface area contributed by atoms with Gasteiger partial charge in [0.15, 0.2) is 11.5 Å². The number of para-hydroxylation sites is 1. The zero-order valence-electron chi connectivity index (χ0n) is 16.6. The van der Waals surface area contributed by atoms with Crippen LogP contribution in [0.15, 0.2) is 42.5 Å². The van der Waals surface area contributed by atoms with Gasteiger partial charge in [0.05, 0.1) is 14.2 Å². The predicted octanol–water partition coefficient (Wildman–Crippen LogP) is 2.48. The van der Waals surface area contributed by atoms with E-state index >= 15 is 0 Å². The van der Waals surface area contributed by atoms with Crippen molar-refractivity contribution < 1.29 is 14.3 Å². The summed E-state index contributed by atoms with van der Waals surface area (Å²) in [6, 6.07) is 14.3. The minimum Gasteiger partial charge on any atom is -0.493 e. The second-order valence-electron chi connectivity index (χ2n) is 7.26. The number of benzene rings is 2. The summed E-state index contributed by atoms with van der Waals surface area (Å²) in [4.78, 5) is 19.6. The number of carbonyl (C=O) groups is 1. The first kappa shape index (κ1) is 18.6. The van der Waals surface area contributed by atoms with Gasteiger partial charge in [-0.15, -0.1) is 0 Å². The summed E-state index contributed by atoms with van der Waals surface area (Å²) in [5, 5.41) is 0. The topological polar surface area (TPSA) is 45.3 Å². The fourth-order valence-corrected chi connectivity index (χ4v) is 4.01. The van der Waals surface area contributed by atoms with Gasteiger partial charge < -0.3 is 19.3 Å². The Morgan fingerprint density at radius 3 is 2.25 bits per heavy atom. The zero-order valence-corrected chi connectivity index (χ0v) is 16.6. The Labute approximate surface area is 166 Å². The number of methoxy groups -OCH3 is 2. The van der Waals surface area contributed by atoms with E-state index in [0.717, 1.165) is 50.4 Å². The zero-order chi connectivity index (χ0) is 19.5. The standard InChI is InChI=1S/C22H27N3O3/c1-27-20-14-17-16-25(22(26)19(17)15-21(20)28-2)13-10-23-8-11-24(12-9-23)18-6-4-3-5-7-18/h3-7,14-15H,8-13,16H2,1-2H3. The SMILES string of the molecule is COc1cc2c(cc1OC)C(=O)N(CCN1CCN(c3ccccc3)CC1)C2. The van der Waals surface area contributed by atoms with Crippen molar-refractivity contribution in [2.75, 3.05) is 58.4 Å². The molecule has 1 fully saturated rings. The van der Waals surface area contributed by atoms with Crippen LogP contribution in [0.2, 0.25) is 0 Å². The number of piperazine rings is 1. The van der Waals surface area contributed by atoms with E-state index in [4.69, 9.17) is 9.47 Å². The fraction of sp³-hybridized carbons (Fsp3) is 0.409. The van der Waals surface area contributed by atoms with E-state index in [1.807, 2.05) is 11.0 Å². The highest BCUT2D eigenvalue weighted by atomic mass is 16.5. The van der Waals surface area contributed by atoms with E-state index in [-0.39, 0.29) is 5.91 Å². The van der Waals surface area contributed by atoms with Crippen molar-refractivity contribution in [2.45, 2.75) is 6.54 Å². The molecule has 2 aliphatic rings. The number of fused-ring (bicyclic) bond motifs is 1. The molecule has 4 rings (SSSR count). The number of amides is 1. The lowest BCUT2D eigenvalue weighted by Gasteiger charge is -2.36. The van der Waals surface area contributed by atoms with Crippen LogP contribution in [-0.2, 0) is 6.54 Å². The van der Waals surface area contributed by atoms with Crippen molar-refractivity contribution in [1.82, 2.24) is 9.80 Å². The number of anilines is 1. The number of carbonyl (C=O) groups excluding carboxylic acids is 1. The van der Waals surface area contributed by atoms with Crippen LogP contribution < -0.4 is 14.4 Å². The summed E-state index contributed by atoms with van der Waals surface area (Å²) in [5.74, 6) is 1.36. The van der Waals surface area contributed by atoms with E-state index in [9.17, 15) is 4.79 Å². The molecule has 0 saturated carbocycles. The third-order valence-electron chi connectivity index (χ3n) is 5.67. The molecule has 2 aromatic rings. The maximum atomic E-state index is 12.8. The number of rotatable bonds is 6. The van der Waals surface area contributed by atoms with E-state index in [0.29, 0.717) is 18.0 Å². The molecule has 1 amide bonds. The molecular weight excluding hydrogens is 354 g/mol. The Balaban J connectivity index is 1.32. The van der Waals surface area contributed by atoms with Crippen molar-refractivity contribution in [1.29, 1.82) is 0 Å². The first-order chi connectivity index (χ1) is 13.7. The van der Waals surface area contributed by atoms with Crippen LogP contribution in [0.5, 0.6) is 11.5 Å². The van der Waals surface area contributed by atoms with Gasteiger partial charge in [0.2, 0.25) is 0 Å². The third kappa shape index (κ3) is 3.64. The average Bonchev–Trinajstić information content (AvgIpc) is 3.06. The van der Waals surface area contributed by atoms with Crippen LogP contribution in [0.1, 0.15) is 15.9 Å². The van der Waals surface area contributed by atoms with Gasteiger partial charge in [0, 0.05) is 57.1 Å². The Kier molecular flexibility index (Phi) is 5.39. The second-order valence-corrected chi connectivity index (χ2v) is 7.26. The van der Waals surface area contributed by atoms with Gasteiger partial charge in [-0.05, 0) is 29.8 Å². The van der Waals surface area contributed by atoms with Crippen molar-refractivity contribution in [3.8, 4) is 11.5 Å². The van der Waals surface area contributed by atoms with Gasteiger partial charge in [-0.2, -0.15) is 0 Å². The molecular formula is C22H27N3O3. The molecule has 0 radical (unpaired) electrons. The first-order valence-corrected chi connectivity index (χ1v) is 9.76. The molecule has 2 aromatic carbocycles. The van der Waals surface area contributed by atoms with Crippen molar-refractivity contribution in [3.63, 3.8) is 0 Å². The van der Waals surface area contributed by atoms with Crippen molar-refractivity contribution >= 4 is 11.6 Å². The molecule has 1 saturated heterocycles. The summed E-state index contributed by atoms with van der Waals surface area (Å²) < 4.78 is 10.7. The summed E-state index contributed by atoms with van der Waals surface area (Å²) in [7, 11) is 3.21. The minimum absolute atomic E-state index is 0.0823. The normalized spacial score (nSPS) is 17.0. The molecule has 6 heteroatoms. The van der Waals surface area contributed by atoms with Crippen LogP contribution in [0.25, 0.3) is 0 Å². The van der Waals surface area contributed by atoms with Crippen molar-refractivity contribution in [3.05, 3.63) is 53.6 Å². The van der Waals surface area contributed by atoms with Gasteiger partial charge in [-0.1, -0.05) is 18.2 Å². The number of ether oxygens (including phenoxy) is 2. The molecule has 0 aliphatic carbocycles. The molecule has 0 N–H and O–H groups in total. The highest BCUT2D eigenvalue weighted by Gasteiger charge is 2.29. The molecule has 6 nitrogen and oxygen atoms in total. The molecule has 2 heterocycles. The average molecular weight is 381 g/mol. The summed E-state index contributed by atoms with van der Waals surface area (Å²) in [6.45, 7) is 6.36. The molecule has 28 heavy (non-hydrogen) atoms. The van der Waals surface area contributed by atoms with Crippen LogP contribution in [0, 0.1) is 0 Å². The van der Waals surface area contributed by atoms with E-state index < -0.39 is 0 Å². The smallest absolute Gasteiger partial charge is 0.254 e. The quantitative estimate of drug-likeness (QED) is 0.769. The van der Waals surface area contributed by atoms with Crippen LogP contribution >= 0.6 is 0 Å². The summed E-state index contributed by atoms with van der Waals surface area (Å²) in [6.07, 6.45) is 0. The van der Waals surface area contributed by atoms with Gasteiger partial charge in [0.25, 0.3) is 5.91 Å². The summed E-state index contributed by atoms with van der Waals surface area (Å²) >= 11 is 0. The predicted molar refractivity (Wildman–Crippen MR) is 109 cm³/mol. The Morgan fingerprint density at radius 2 is 1.57 bits per heavy atom. The maximum absolute atomic E-state index is 12.8. The molecule has 0 unspecified atom stereocenters. The Bertz CT molecular complexity index is 832. The van der Waals surface area contributed by atoms with Gasteiger partial charge in [0.1, 0.15) is 0 Å². The van der Waals surface area contributed by atoms with E-state index in [1.165, 1.54) is 5.69 Å². The van der Waals surface area contributed by atoms with E-state index in [2.05, 4.69) is 40.1 Å². The lowest BCUT2D eigenvalue weighted by Crippen LogP contribution is -2.48. The molecule has 148 valence electrons. The monoisotopic (exact) mass is 381 g/mol. The van der Waals surface area contributed by atoms with Gasteiger partial charge >= 0.3 is 0 Å². The van der Waals surface area contributed by atoms with Gasteiger partial charge in [-0.25, -0.2) is 0 Å². The molecule has 0 spiro atoms. The minimum atomic E-state index is 0.0823. The Hall–Kier alpha value is -2.73. The molecule has 0 aromatic heterocycles. The second kappa shape index (κ2) is 8.10. The number of hydrogen-bond donors (Lipinski definition) is 0.